The number of aromatic amines is 1. The number of aromatic nitrogens is 3. The third kappa shape index (κ3) is 3.46. The number of piperidine rings is 1. The lowest BCUT2D eigenvalue weighted by molar-refractivity contribution is -0.137. The summed E-state index contributed by atoms with van der Waals surface area (Å²) in [6.45, 7) is 4.75. The number of carbonyl (C=O) groups excluding carboxylic acids is 2. The fourth-order valence-electron chi connectivity index (χ4n) is 4.10. The average Bonchev–Trinajstić information content (AvgIpc) is 3.16. The lowest BCUT2D eigenvalue weighted by atomic mass is 9.93. The summed E-state index contributed by atoms with van der Waals surface area (Å²) >= 11 is 0. The first kappa shape index (κ1) is 17.7. The van der Waals surface area contributed by atoms with Gasteiger partial charge in [0.05, 0.1) is 5.69 Å². The monoisotopic (exact) mass is 367 g/mol. The Labute approximate surface area is 158 Å². The number of rotatable bonds is 3. The van der Waals surface area contributed by atoms with Gasteiger partial charge in [-0.3, -0.25) is 19.7 Å². The molecule has 7 heteroatoms. The van der Waals surface area contributed by atoms with Crippen LogP contribution in [0.25, 0.3) is 0 Å². The van der Waals surface area contributed by atoms with Crippen molar-refractivity contribution in [1.82, 2.24) is 25.0 Å². The number of amides is 2. The van der Waals surface area contributed by atoms with Crippen molar-refractivity contribution in [3.8, 4) is 0 Å². The van der Waals surface area contributed by atoms with Crippen LogP contribution in [0.5, 0.6) is 0 Å². The molecule has 0 bridgehead atoms. The van der Waals surface area contributed by atoms with Gasteiger partial charge in [0.2, 0.25) is 5.91 Å². The molecule has 2 amide bonds. The maximum absolute atomic E-state index is 13.0. The Hall–Kier alpha value is -2.70. The van der Waals surface area contributed by atoms with Crippen molar-refractivity contribution >= 4 is 11.8 Å². The summed E-state index contributed by atoms with van der Waals surface area (Å²) in [6, 6.07) is 3.47. The molecule has 7 nitrogen and oxygen atoms in total. The highest BCUT2D eigenvalue weighted by Crippen LogP contribution is 2.26. The molecule has 1 N–H and O–H groups in total. The Morgan fingerprint density at radius 1 is 1.15 bits per heavy atom. The van der Waals surface area contributed by atoms with Crippen LogP contribution in [0, 0.1) is 5.92 Å². The van der Waals surface area contributed by atoms with Crippen LogP contribution in [0.3, 0.4) is 0 Å². The molecule has 2 aliphatic heterocycles. The van der Waals surface area contributed by atoms with Crippen LogP contribution in [0.2, 0.25) is 0 Å². The fourth-order valence-corrected chi connectivity index (χ4v) is 4.10. The van der Waals surface area contributed by atoms with Crippen LogP contribution in [0.15, 0.2) is 24.5 Å². The zero-order chi connectivity index (χ0) is 18.8. The summed E-state index contributed by atoms with van der Waals surface area (Å²) in [4.78, 5) is 33.3. The van der Waals surface area contributed by atoms with Crippen molar-refractivity contribution < 1.29 is 9.59 Å². The molecular weight excluding hydrogens is 342 g/mol. The number of carbonyl (C=O) groups is 2. The molecule has 0 saturated carbocycles. The molecule has 0 aliphatic carbocycles. The van der Waals surface area contributed by atoms with E-state index in [1.165, 1.54) is 11.3 Å². The summed E-state index contributed by atoms with van der Waals surface area (Å²) < 4.78 is 0. The van der Waals surface area contributed by atoms with Crippen molar-refractivity contribution in [1.29, 1.82) is 0 Å². The number of nitrogens with zero attached hydrogens (tertiary/aromatic N) is 4. The molecular formula is C20H25N5O2. The molecule has 1 fully saturated rings. The van der Waals surface area contributed by atoms with Gasteiger partial charge in [0.25, 0.3) is 5.91 Å². The molecule has 2 aliphatic rings. The molecule has 2 aromatic rings. The SMILES string of the molecule is CCc1n[nH]c2c1CN(C(=O)C1CCN(C(=O)c3ccncc3)CC1)CC2. The number of nitrogens with one attached hydrogen (secondary N) is 1. The molecule has 0 radical (unpaired) electrons. The van der Waals surface area contributed by atoms with Gasteiger partial charge in [-0.2, -0.15) is 5.10 Å². The minimum absolute atomic E-state index is 0.00465. The molecule has 0 aromatic carbocycles. The van der Waals surface area contributed by atoms with E-state index in [0.717, 1.165) is 37.9 Å². The van der Waals surface area contributed by atoms with Crippen molar-refractivity contribution in [2.24, 2.45) is 5.92 Å². The minimum Gasteiger partial charge on any atom is -0.339 e. The predicted octanol–water partition coefficient (Wildman–Crippen LogP) is 1.80. The molecule has 4 rings (SSSR count). The van der Waals surface area contributed by atoms with Crippen LogP contribution < -0.4 is 0 Å². The Balaban J connectivity index is 1.36. The predicted molar refractivity (Wildman–Crippen MR) is 100.0 cm³/mol. The van der Waals surface area contributed by atoms with E-state index in [2.05, 4.69) is 22.1 Å². The lowest BCUT2D eigenvalue weighted by Crippen LogP contribution is -2.45. The summed E-state index contributed by atoms with van der Waals surface area (Å²) in [5, 5.41) is 7.48. The van der Waals surface area contributed by atoms with Crippen LogP contribution in [0.4, 0.5) is 0 Å². The fraction of sp³-hybridized carbons (Fsp3) is 0.500. The minimum atomic E-state index is 0.00465. The van der Waals surface area contributed by atoms with Gasteiger partial charge in [0, 0.05) is 67.7 Å². The number of H-pyrrole nitrogens is 1. The summed E-state index contributed by atoms with van der Waals surface area (Å²) in [5.74, 6) is 0.252. The molecule has 0 unspecified atom stereocenters. The molecule has 2 aromatic heterocycles. The first-order valence-electron chi connectivity index (χ1n) is 9.70. The highest BCUT2D eigenvalue weighted by atomic mass is 16.2. The molecule has 0 atom stereocenters. The van der Waals surface area contributed by atoms with E-state index in [0.29, 0.717) is 25.2 Å². The van der Waals surface area contributed by atoms with Crippen molar-refractivity contribution in [3.05, 3.63) is 47.0 Å². The highest BCUT2D eigenvalue weighted by molar-refractivity contribution is 5.94. The summed E-state index contributed by atoms with van der Waals surface area (Å²) in [6.07, 6.45) is 6.44. The van der Waals surface area contributed by atoms with Crippen molar-refractivity contribution in [2.75, 3.05) is 19.6 Å². The van der Waals surface area contributed by atoms with E-state index < -0.39 is 0 Å². The molecule has 1 saturated heterocycles. The molecule has 4 heterocycles. The zero-order valence-electron chi connectivity index (χ0n) is 15.6. The van der Waals surface area contributed by atoms with Crippen LogP contribution >= 0.6 is 0 Å². The average molecular weight is 367 g/mol. The van der Waals surface area contributed by atoms with Crippen LogP contribution in [0.1, 0.15) is 47.1 Å². The van der Waals surface area contributed by atoms with Crippen LogP contribution in [-0.2, 0) is 24.2 Å². The summed E-state index contributed by atoms with van der Waals surface area (Å²) in [5.41, 5.74) is 4.10. The number of pyridine rings is 1. The van der Waals surface area contributed by atoms with E-state index >= 15 is 0 Å². The quantitative estimate of drug-likeness (QED) is 0.897. The number of fused-ring (bicyclic) bond motifs is 1. The molecule has 142 valence electrons. The van der Waals surface area contributed by atoms with Gasteiger partial charge in [-0.25, -0.2) is 0 Å². The maximum Gasteiger partial charge on any atom is 0.253 e. The normalized spacial score (nSPS) is 17.7. The third-order valence-electron chi connectivity index (χ3n) is 5.72. The second kappa shape index (κ2) is 7.50. The van der Waals surface area contributed by atoms with Gasteiger partial charge >= 0.3 is 0 Å². The van der Waals surface area contributed by atoms with E-state index in [-0.39, 0.29) is 17.7 Å². The first-order valence-corrected chi connectivity index (χ1v) is 9.70. The van der Waals surface area contributed by atoms with Gasteiger partial charge in [0.1, 0.15) is 0 Å². The van der Waals surface area contributed by atoms with Gasteiger partial charge in [-0.05, 0) is 31.4 Å². The zero-order valence-corrected chi connectivity index (χ0v) is 15.6. The number of hydrogen-bond donors (Lipinski definition) is 1. The molecule has 27 heavy (non-hydrogen) atoms. The topological polar surface area (TPSA) is 82.2 Å². The van der Waals surface area contributed by atoms with Crippen LogP contribution in [-0.4, -0.2) is 56.4 Å². The molecule has 0 spiro atoms. The van der Waals surface area contributed by atoms with Gasteiger partial charge in [0.15, 0.2) is 0 Å². The standard InChI is InChI=1S/C20H25N5O2/c1-2-17-16-13-25(12-7-18(16)23-22-17)20(27)15-5-10-24(11-6-15)19(26)14-3-8-21-9-4-14/h3-4,8-9,15H,2,5-7,10-13H2,1H3,(H,22,23). The maximum atomic E-state index is 13.0. The highest BCUT2D eigenvalue weighted by Gasteiger charge is 2.32. The Kier molecular flexibility index (Phi) is 4.92. The first-order chi connectivity index (χ1) is 13.2. The van der Waals surface area contributed by atoms with Gasteiger partial charge in [-0.1, -0.05) is 6.92 Å². The van der Waals surface area contributed by atoms with E-state index in [9.17, 15) is 9.59 Å². The number of likely N-dealkylation sites (tertiary alicyclic amines) is 1. The van der Waals surface area contributed by atoms with E-state index in [1.807, 2.05) is 9.80 Å². The Morgan fingerprint density at radius 3 is 2.59 bits per heavy atom. The second-order valence-corrected chi connectivity index (χ2v) is 7.29. The Morgan fingerprint density at radius 2 is 1.89 bits per heavy atom. The lowest BCUT2D eigenvalue weighted by Gasteiger charge is -2.35. The summed E-state index contributed by atoms with van der Waals surface area (Å²) in [7, 11) is 0. The number of aryl methyl sites for hydroxylation is 1. The number of hydrogen-bond acceptors (Lipinski definition) is 4. The third-order valence-corrected chi connectivity index (χ3v) is 5.72. The largest absolute Gasteiger partial charge is 0.339 e. The van der Waals surface area contributed by atoms with E-state index in [1.54, 1.807) is 24.5 Å². The second-order valence-electron chi connectivity index (χ2n) is 7.29. The van der Waals surface area contributed by atoms with Crippen molar-refractivity contribution in [2.45, 2.75) is 39.2 Å². The van der Waals surface area contributed by atoms with E-state index in [4.69, 9.17) is 0 Å². The Bertz CT molecular complexity index is 811. The van der Waals surface area contributed by atoms with Crippen molar-refractivity contribution in [3.63, 3.8) is 0 Å². The smallest absolute Gasteiger partial charge is 0.253 e. The van der Waals surface area contributed by atoms with Gasteiger partial charge in [-0.15, -0.1) is 0 Å². The van der Waals surface area contributed by atoms with Gasteiger partial charge < -0.3 is 9.80 Å².